The van der Waals surface area contributed by atoms with E-state index in [4.69, 9.17) is 25.6 Å². The third kappa shape index (κ3) is 3.41. The first-order chi connectivity index (χ1) is 13.6. The lowest BCUT2D eigenvalue weighted by atomic mass is 10.1. The van der Waals surface area contributed by atoms with E-state index in [1.54, 1.807) is 43.4 Å². The third-order valence-corrected chi connectivity index (χ3v) is 4.95. The minimum atomic E-state index is -0.138. The quantitative estimate of drug-likeness (QED) is 0.647. The van der Waals surface area contributed by atoms with Crippen molar-refractivity contribution < 1.29 is 18.8 Å². The molecule has 144 valence electrons. The van der Waals surface area contributed by atoms with Crippen molar-refractivity contribution in [1.82, 2.24) is 10.1 Å². The molecule has 3 aromatic rings. The average molecular weight is 400 g/mol. The molecule has 0 spiro atoms. The first-order valence-electron chi connectivity index (χ1n) is 8.71. The van der Waals surface area contributed by atoms with Crippen molar-refractivity contribution in [3.63, 3.8) is 0 Å². The van der Waals surface area contributed by atoms with Gasteiger partial charge in [-0.05, 0) is 42.5 Å². The minimum Gasteiger partial charge on any atom is -0.493 e. The molecule has 7 nitrogen and oxygen atoms in total. The highest BCUT2D eigenvalue weighted by atomic mass is 35.5. The highest BCUT2D eigenvalue weighted by Crippen LogP contribution is 2.34. The van der Waals surface area contributed by atoms with Gasteiger partial charge in [-0.1, -0.05) is 16.8 Å². The van der Waals surface area contributed by atoms with Crippen molar-refractivity contribution in [3.8, 4) is 23.0 Å². The van der Waals surface area contributed by atoms with Gasteiger partial charge in [0.2, 0.25) is 5.91 Å². The summed E-state index contributed by atoms with van der Waals surface area (Å²) in [5.41, 5.74) is 1.52. The second kappa shape index (κ2) is 7.52. The number of ether oxygens (including phenoxy) is 2. The van der Waals surface area contributed by atoms with Crippen molar-refractivity contribution in [2.24, 2.45) is 0 Å². The Labute approximate surface area is 166 Å². The summed E-state index contributed by atoms with van der Waals surface area (Å²) < 4.78 is 16.0. The fraction of sp³-hybridized carbons (Fsp3) is 0.250. The highest BCUT2D eigenvalue weighted by Gasteiger charge is 2.34. The Morgan fingerprint density at radius 1 is 1.11 bits per heavy atom. The van der Waals surface area contributed by atoms with Crippen LogP contribution in [0.2, 0.25) is 5.02 Å². The summed E-state index contributed by atoms with van der Waals surface area (Å²) in [7, 11) is 3.14. The van der Waals surface area contributed by atoms with Crippen LogP contribution in [0.1, 0.15) is 18.2 Å². The van der Waals surface area contributed by atoms with E-state index in [0.717, 1.165) is 11.3 Å². The number of carbonyl (C=O) groups is 1. The number of nitrogens with zero attached hydrogens (tertiary/aromatic N) is 3. The summed E-state index contributed by atoms with van der Waals surface area (Å²) in [6, 6.07) is 12.6. The molecule has 1 aromatic heterocycles. The maximum atomic E-state index is 12.5. The highest BCUT2D eigenvalue weighted by molar-refractivity contribution is 6.30. The summed E-state index contributed by atoms with van der Waals surface area (Å²) >= 11 is 5.93. The molecule has 1 atom stereocenters. The number of methoxy groups -OCH3 is 2. The number of halogens is 1. The first-order valence-corrected chi connectivity index (χ1v) is 9.08. The zero-order valence-electron chi connectivity index (χ0n) is 15.4. The van der Waals surface area contributed by atoms with E-state index in [1.807, 2.05) is 18.2 Å². The molecule has 0 radical (unpaired) electrons. The smallest absolute Gasteiger partial charge is 0.258 e. The molecule has 28 heavy (non-hydrogen) atoms. The number of carbonyl (C=O) groups excluding carboxylic acids is 1. The lowest BCUT2D eigenvalue weighted by Crippen LogP contribution is -2.24. The van der Waals surface area contributed by atoms with Gasteiger partial charge in [-0.3, -0.25) is 4.79 Å². The Bertz CT molecular complexity index is 1000. The zero-order valence-corrected chi connectivity index (χ0v) is 16.1. The summed E-state index contributed by atoms with van der Waals surface area (Å²) in [4.78, 5) is 18.7. The fourth-order valence-electron chi connectivity index (χ4n) is 3.24. The van der Waals surface area contributed by atoms with Gasteiger partial charge in [0, 0.05) is 35.2 Å². The molecule has 0 aliphatic carbocycles. The van der Waals surface area contributed by atoms with Crippen LogP contribution in [0.4, 0.5) is 5.69 Å². The average Bonchev–Trinajstić information content (AvgIpc) is 3.35. The predicted molar refractivity (Wildman–Crippen MR) is 104 cm³/mol. The molecule has 0 saturated carbocycles. The molecule has 1 amide bonds. The Hall–Kier alpha value is -3.06. The zero-order chi connectivity index (χ0) is 19.7. The molecule has 1 aliphatic rings. The molecular weight excluding hydrogens is 382 g/mol. The van der Waals surface area contributed by atoms with Crippen LogP contribution in [-0.4, -0.2) is 36.8 Å². The monoisotopic (exact) mass is 399 g/mol. The number of hydrogen-bond donors (Lipinski definition) is 0. The van der Waals surface area contributed by atoms with Gasteiger partial charge in [0.25, 0.3) is 5.89 Å². The topological polar surface area (TPSA) is 77.7 Å². The maximum absolute atomic E-state index is 12.5. The Kier molecular flexibility index (Phi) is 4.92. The number of amides is 1. The van der Waals surface area contributed by atoms with E-state index in [2.05, 4.69) is 10.1 Å². The van der Waals surface area contributed by atoms with E-state index < -0.39 is 0 Å². The maximum Gasteiger partial charge on any atom is 0.258 e. The third-order valence-electron chi connectivity index (χ3n) is 4.70. The van der Waals surface area contributed by atoms with Crippen LogP contribution in [-0.2, 0) is 4.79 Å². The first kappa shape index (κ1) is 18.3. The summed E-state index contributed by atoms with van der Waals surface area (Å²) in [6.07, 6.45) is 0.327. The van der Waals surface area contributed by atoms with E-state index in [0.29, 0.717) is 41.2 Å². The molecule has 2 aromatic carbocycles. The van der Waals surface area contributed by atoms with Gasteiger partial charge >= 0.3 is 0 Å². The molecule has 4 rings (SSSR count). The lowest BCUT2D eigenvalue weighted by Gasteiger charge is -2.16. The van der Waals surface area contributed by atoms with Gasteiger partial charge in [0.15, 0.2) is 17.3 Å². The van der Waals surface area contributed by atoms with E-state index in [9.17, 15) is 4.79 Å². The Morgan fingerprint density at radius 3 is 2.57 bits per heavy atom. The molecule has 0 unspecified atom stereocenters. The van der Waals surface area contributed by atoms with Crippen LogP contribution in [0.25, 0.3) is 11.5 Å². The van der Waals surface area contributed by atoms with Gasteiger partial charge in [-0.15, -0.1) is 0 Å². The molecule has 2 heterocycles. The number of aromatic nitrogens is 2. The van der Waals surface area contributed by atoms with Gasteiger partial charge < -0.3 is 18.9 Å². The SMILES string of the molecule is COc1ccc(-c2nc([C@@H]3CC(=O)N(c4ccc(Cl)cc4)C3)no2)cc1OC. The van der Waals surface area contributed by atoms with E-state index in [1.165, 1.54) is 0 Å². The lowest BCUT2D eigenvalue weighted by molar-refractivity contribution is -0.117. The van der Waals surface area contributed by atoms with E-state index in [-0.39, 0.29) is 11.8 Å². The molecule has 1 aliphatic heterocycles. The van der Waals surface area contributed by atoms with Gasteiger partial charge in [0.05, 0.1) is 14.2 Å². The van der Waals surface area contributed by atoms with Crippen LogP contribution in [0.15, 0.2) is 47.0 Å². The number of anilines is 1. The minimum absolute atomic E-state index is 0.0183. The van der Waals surface area contributed by atoms with Gasteiger partial charge in [-0.2, -0.15) is 4.98 Å². The second-order valence-electron chi connectivity index (χ2n) is 6.41. The van der Waals surface area contributed by atoms with Crippen LogP contribution < -0.4 is 14.4 Å². The van der Waals surface area contributed by atoms with Gasteiger partial charge in [-0.25, -0.2) is 0 Å². The normalized spacial score (nSPS) is 16.5. The van der Waals surface area contributed by atoms with Crippen LogP contribution in [0.5, 0.6) is 11.5 Å². The standard InChI is InChI=1S/C20H18ClN3O4/c1-26-16-8-3-12(9-17(16)27-2)20-22-19(23-28-20)13-10-18(25)24(11-13)15-6-4-14(21)5-7-15/h3-9,13H,10-11H2,1-2H3/t13-/m1/s1. The second-order valence-corrected chi connectivity index (χ2v) is 6.85. The number of benzene rings is 2. The molecule has 1 fully saturated rings. The van der Waals surface area contributed by atoms with Crippen molar-refractivity contribution >= 4 is 23.2 Å². The van der Waals surface area contributed by atoms with Crippen LogP contribution in [0.3, 0.4) is 0 Å². The largest absolute Gasteiger partial charge is 0.493 e. The Balaban J connectivity index is 1.55. The molecule has 1 saturated heterocycles. The van der Waals surface area contributed by atoms with Crippen LogP contribution >= 0.6 is 11.6 Å². The molecular formula is C20H18ClN3O4. The van der Waals surface area contributed by atoms with E-state index >= 15 is 0 Å². The van der Waals surface area contributed by atoms with Crippen molar-refractivity contribution in [2.45, 2.75) is 12.3 Å². The van der Waals surface area contributed by atoms with Crippen molar-refractivity contribution in [2.75, 3.05) is 25.7 Å². The summed E-state index contributed by atoms with van der Waals surface area (Å²) in [5.74, 6) is 1.95. The molecule has 0 N–H and O–H groups in total. The molecule has 0 bridgehead atoms. The summed E-state index contributed by atoms with van der Waals surface area (Å²) in [6.45, 7) is 0.491. The Morgan fingerprint density at radius 2 is 1.86 bits per heavy atom. The van der Waals surface area contributed by atoms with Gasteiger partial charge in [0.1, 0.15) is 0 Å². The number of hydrogen-bond acceptors (Lipinski definition) is 6. The number of rotatable bonds is 5. The van der Waals surface area contributed by atoms with Crippen LogP contribution in [0, 0.1) is 0 Å². The predicted octanol–water partition coefficient (Wildman–Crippen LogP) is 3.93. The van der Waals surface area contributed by atoms with Crippen molar-refractivity contribution in [3.05, 3.63) is 53.3 Å². The van der Waals surface area contributed by atoms with Crippen molar-refractivity contribution in [1.29, 1.82) is 0 Å². The summed E-state index contributed by atoms with van der Waals surface area (Å²) in [5, 5.41) is 4.72. The molecule has 8 heteroatoms. The fourth-order valence-corrected chi connectivity index (χ4v) is 3.36.